The summed E-state index contributed by atoms with van der Waals surface area (Å²) in [5.74, 6) is -1.64. The van der Waals surface area contributed by atoms with Crippen LogP contribution in [0.1, 0.15) is 34.7 Å². The molecule has 4 rings (SSSR count). The predicted octanol–water partition coefficient (Wildman–Crippen LogP) is 4.04. The molecule has 2 aromatic carbocycles. The molecule has 0 saturated carbocycles. The standard InChI is InChI=1S/C22H19N3O3S/c1-3-16-23-24-22(29-16)25-18(14-11-9-13(2)10-12-14)17(20(27)21(25)28)19(26)15-7-5-4-6-8-15/h4-12,18,26H,3H2,1-2H3/b19-17+. The molecule has 146 valence electrons. The van der Waals surface area contributed by atoms with Gasteiger partial charge in [-0.05, 0) is 18.9 Å². The first-order valence-corrected chi connectivity index (χ1v) is 10.1. The van der Waals surface area contributed by atoms with Crippen molar-refractivity contribution in [3.63, 3.8) is 0 Å². The van der Waals surface area contributed by atoms with Crippen LogP contribution in [0.5, 0.6) is 0 Å². The number of aliphatic hydroxyl groups excluding tert-OH is 1. The molecule has 1 aliphatic heterocycles. The number of aliphatic hydroxyl groups is 1. The zero-order valence-electron chi connectivity index (χ0n) is 16.0. The lowest BCUT2D eigenvalue weighted by Crippen LogP contribution is -2.29. The van der Waals surface area contributed by atoms with Crippen molar-refractivity contribution in [1.82, 2.24) is 10.2 Å². The molecule has 6 nitrogen and oxygen atoms in total. The number of aryl methyl sites for hydroxylation is 2. The maximum atomic E-state index is 13.0. The summed E-state index contributed by atoms with van der Waals surface area (Å²) in [6, 6.07) is 15.5. The van der Waals surface area contributed by atoms with Crippen molar-refractivity contribution < 1.29 is 14.7 Å². The minimum absolute atomic E-state index is 0.0540. The van der Waals surface area contributed by atoms with Gasteiger partial charge >= 0.3 is 5.91 Å². The van der Waals surface area contributed by atoms with Crippen LogP contribution in [0.3, 0.4) is 0 Å². The van der Waals surface area contributed by atoms with Crippen LogP contribution in [-0.2, 0) is 16.0 Å². The second kappa shape index (κ2) is 7.60. The highest BCUT2D eigenvalue weighted by molar-refractivity contribution is 7.15. The van der Waals surface area contributed by atoms with Gasteiger partial charge in [-0.25, -0.2) is 0 Å². The monoisotopic (exact) mass is 405 g/mol. The van der Waals surface area contributed by atoms with Crippen LogP contribution in [-0.4, -0.2) is 27.0 Å². The maximum Gasteiger partial charge on any atom is 0.301 e. The molecular weight excluding hydrogens is 386 g/mol. The number of anilines is 1. The van der Waals surface area contributed by atoms with E-state index in [1.165, 1.54) is 16.2 Å². The van der Waals surface area contributed by atoms with Gasteiger partial charge in [-0.15, -0.1) is 10.2 Å². The van der Waals surface area contributed by atoms with Gasteiger partial charge in [0.1, 0.15) is 10.8 Å². The summed E-state index contributed by atoms with van der Waals surface area (Å²) in [4.78, 5) is 27.3. The molecule has 0 spiro atoms. The van der Waals surface area contributed by atoms with Crippen LogP contribution < -0.4 is 4.90 Å². The van der Waals surface area contributed by atoms with Crippen LogP contribution in [0.15, 0.2) is 60.2 Å². The molecule has 3 aromatic rings. The van der Waals surface area contributed by atoms with Crippen molar-refractivity contribution in [3.05, 3.63) is 81.9 Å². The summed E-state index contributed by atoms with van der Waals surface area (Å²) in [6.45, 7) is 3.91. The van der Waals surface area contributed by atoms with Gasteiger partial charge in [0.15, 0.2) is 0 Å². The summed E-state index contributed by atoms with van der Waals surface area (Å²) in [6.07, 6.45) is 0.681. The molecule has 0 bridgehead atoms. The van der Waals surface area contributed by atoms with Crippen molar-refractivity contribution in [2.75, 3.05) is 4.90 Å². The first-order chi connectivity index (χ1) is 14.0. The van der Waals surface area contributed by atoms with Crippen molar-refractivity contribution in [2.45, 2.75) is 26.3 Å². The Kier molecular flexibility index (Phi) is 4.98. The maximum absolute atomic E-state index is 13.0. The van der Waals surface area contributed by atoms with Crippen LogP contribution in [0.2, 0.25) is 0 Å². The number of carbonyl (C=O) groups excluding carboxylic acids is 2. The van der Waals surface area contributed by atoms with Crippen molar-refractivity contribution in [3.8, 4) is 0 Å². The minimum Gasteiger partial charge on any atom is -0.507 e. The van der Waals surface area contributed by atoms with Gasteiger partial charge in [0.2, 0.25) is 5.13 Å². The van der Waals surface area contributed by atoms with E-state index >= 15 is 0 Å². The third kappa shape index (κ3) is 3.34. The number of aromatic nitrogens is 2. The summed E-state index contributed by atoms with van der Waals surface area (Å²) in [5, 5.41) is 20.3. The van der Waals surface area contributed by atoms with E-state index < -0.39 is 17.7 Å². The average Bonchev–Trinajstić information content (AvgIpc) is 3.32. The Morgan fingerprint density at radius 2 is 1.76 bits per heavy atom. The molecule has 1 saturated heterocycles. The highest BCUT2D eigenvalue weighted by Gasteiger charge is 2.48. The van der Waals surface area contributed by atoms with Crippen LogP contribution in [0.4, 0.5) is 5.13 Å². The van der Waals surface area contributed by atoms with E-state index in [-0.39, 0.29) is 11.3 Å². The Morgan fingerprint density at radius 3 is 2.38 bits per heavy atom. The van der Waals surface area contributed by atoms with Crippen LogP contribution in [0.25, 0.3) is 5.76 Å². The lowest BCUT2D eigenvalue weighted by molar-refractivity contribution is -0.132. The van der Waals surface area contributed by atoms with Crippen LogP contribution >= 0.6 is 11.3 Å². The number of ketones is 1. The van der Waals surface area contributed by atoms with E-state index in [0.29, 0.717) is 17.1 Å². The zero-order valence-corrected chi connectivity index (χ0v) is 16.8. The van der Waals surface area contributed by atoms with E-state index in [1.807, 2.05) is 44.2 Å². The Morgan fingerprint density at radius 1 is 1.07 bits per heavy atom. The van der Waals surface area contributed by atoms with Gasteiger partial charge in [0.25, 0.3) is 5.78 Å². The Balaban J connectivity index is 1.93. The van der Waals surface area contributed by atoms with Gasteiger partial charge in [-0.1, -0.05) is 78.4 Å². The second-order valence-corrected chi connectivity index (χ2v) is 7.82. The largest absolute Gasteiger partial charge is 0.507 e. The topological polar surface area (TPSA) is 83.4 Å². The van der Waals surface area contributed by atoms with E-state index in [0.717, 1.165) is 16.1 Å². The second-order valence-electron chi connectivity index (χ2n) is 6.78. The lowest BCUT2D eigenvalue weighted by atomic mass is 9.95. The molecule has 1 amide bonds. The third-order valence-electron chi connectivity index (χ3n) is 4.85. The minimum atomic E-state index is -0.770. The highest BCUT2D eigenvalue weighted by atomic mass is 32.1. The molecule has 1 aromatic heterocycles. The molecule has 0 radical (unpaired) electrons. The number of benzene rings is 2. The fourth-order valence-electron chi connectivity index (χ4n) is 3.33. The van der Waals surface area contributed by atoms with Gasteiger partial charge in [0, 0.05) is 5.56 Å². The summed E-state index contributed by atoms with van der Waals surface area (Å²) < 4.78 is 0. The molecule has 7 heteroatoms. The van der Waals surface area contributed by atoms with Gasteiger partial charge in [-0.2, -0.15) is 0 Å². The first kappa shape index (κ1) is 19.0. The zero-order chi connectivity index (χ0) is 20.5. The summed E-state index contributed by atoms with van der Waals surface area (Å²) in [7, 11) is 0. The number of rotatable bonds is 4. The fourth-order valence-corrected chi connectivity index (χ4v) is 4.14. The molecule has 1 aliphatic rings. The molecular formula is C22H19N3O3S. The number of Topliss-reactive ketones (excluding diaryl/α,β-unsaturated/α-hetero) is 1. The van der Waals surface area contributed by atoms with Gasteiger partial charge < -0.3 is 5.11 Å². The lowest BCUT2D eigenvalue weighted by Gasteiger charge is -2.22. The SMILES string of the molecule is CCc1nnc(N2C(=O)C(=O)/C(=C(/O)c3ccccc3)C2c2ccc(C)cc2)s1. The molecule has 1 N–H and O–H groups in total. The highest BCUT2D eigenvalue weighted by Crippen LogP contribution is 2.42. The molecule has 1 unspecified atom stereocenters. The number of hydrogen-bond acceptors (Lipinski definition) is 6. The predicted molar refractivity (Wildman–Crippen MR) is 112 cm³/mol. The first-order valence-electron chi connectivity index (χ1n) is 9.26. The molecule has 1 atom stereocenters. The third-order valence-corrected chi connectivity index (χ3v) is 5.92. The summed E-state index contributed by atoms with van der Waals surface area (Å²) in [5.41, 5.74) is 2.31. The molecule has 2 heterocycles. The average molecular weight is 405 g/mol. The normalized spacial score (nSPS) is 18.4. The Labute approximate surface area is 172 Å². The fraction of sp³-hybridized carbons (Fsp3) is 0.182. The quantitative estimate of drug-likeness (QED) is 0.402. The van der Waals surface area contributed by atoms with Crippen molar-refractivity contribution >= 4 is 33.9 Å². The number of amides is 1. The molecule has 1 fully saturated rings. The van der Waals surface area contributed by atoms with Crippen molar-refractivity contribution in [2.24, 2.45) is 0 Å². The number of hydrogen-bond donors (Lipinski definition) is 1. The van der Waals surface area contributed by atoms with E-state index in [2.05, 4.69) is 10.2 Å². The smallest absolute Gasteiger partial charge is 0.301 e. The number of nitrogens with zero attached hydrogens (tertiary/aromatic N) is 3. The number of carbonyl (C=O) groups is 2. The molecule has 29 heavy (non-hydrogen) atoms. The Bertz CT molecular complexity index is 1100. The van der Waals surface area contributed by atoms with Crippen LogP contribution in [0, 0.1) is 6.92 Å². The van der Waals surface area contributed by atoms with Gasteiger partial charge in [-0.3, -0.25) is 14.5 Å². The molecule has 0 aliphatic carbocycles. The van der Waals surface area contributed by atoms with E-state index in [9.17, 15) is 14.7 Å². The van der Waals surface area contributed by atoms with Crippen molar-refractivity contribution in [1.29, 1.82) is 0 Å². The van der Waals surface area contributed by atoms with E-state index in [4.69, 9.17) is 0 Å². The van der Waals surface area contributed by atoms with E-state index in [1.54, 1.807) is 24.3 Å². The summed E-state index contributed by atoms with van der Waals surface area (Å²) >= 11 is 1.27. The Hall–Kier alpha value is -3.32. The van der Waals surface area contributed by atoms with Gasteiger partial charge in [0.05, 0.1) is 11.6 Å².